The predicted molar refractivity (Wildman–Crippen MR) is 88.1 cm³/mol. The van der Waals surface area contributed by atoms with Crippen LogP contribution in [0.2, 0.25) is 0 Å². The number of rotatable bonds is 4. The van der Waals surface area contributed by atoms with E-state index in [1.54, 1.807) is 12.1 Å². The number of carbonyl (C=O) groups excluding carboxylic acids is 2. The molecule has 3 aromatic rings. The number of benzene rings is 3. The van der Waals surface area contributed by atoms with E-state index in [1.165, 1.54) is 0 Å². The lowest BCUT2D eigenvalue weighted by Gasteiger charge is -2.15. The minimum Gasteiger partial charge on any atom is -0.298 e. The molecule has 0 saturated heterocycles. The van der Waals surface area contributed by atoms with Gasteiger partial charge in [-0.3, -0.25) is 9.59 Å². The van der Waals surface area contributed by atoms with Crippen molar-refractivity contribution in [2.45, 2.75) is 0 Å². The van der Waals surface area contributed by atoms with Crippen LogP contribution < -0.4 is 0 Å². The van der Waals surface area contributed by atoms with E-state index in [9.17, 15) is 9.59 Å². The summed E-state index contributed by atoms with van der Waals surface area (Å²) in [7, 11) is 0. The zero-order valence-electron chi connectivity index (χ0n) is 11.9. The van der Waals surface area contributed by atoms with Crippen LogP contribution in [0.4, 0.5) is 0 Å². The van der Waals surface area contributed by atoms with E-state index in [2.05, 4.69) is 0 Å². The Hall–Kier alpha value is -3.00. The van der Waals surface area contributed by atoms with Gasteiger partial charge in [-0.15, -0.1) is 0 Å². The van der Waals surface area contributed by atoms with Crippen molar-refractivity contribution in [2.24, 2.45) is 0 Å². The van der Waals surface area contributed by atoms with Crippen LogP contribution in [-0.4, -0.2) is 12.6 Å². The van der Waals surface area contributed by atoms with Gasteiger partial charge in [0, 0.05) is 22.3 Å². The highest BCUT2D eigenvalue weighted by Crippen LogP contribution is 2.36. The molecule has 0 heterocycles. The Morgan fingerprint density at radius 2 is 0.864 bits per heavy atom. The molecule has 2 heteroatoms. The Labute approximate surface area is 129 Å². The number of carbonyl (C=O) groups is 2. The van der Waals surface area contributed by atoms with E-state index in [-0.39, 0.29) is 0 Å². The molecular formula is C20H14O2. The Bertz CT molecular complexity index is 735. The zero-order valence-corrected chi connectivity index (χ0v) is 11.9. The van der Waals surface area contributed by atoms with Crippen molar-refractivity contribution in [2.75, 3.05) is 0 Å². The van der Waals surface area contributed by atoms with E-state index in [4.69, 9.17) is 0 Å². The Balaban J connectivity index is 2.40. The molecule has 0 saturated carbocycles. The fourth-order valence-corrected chi connectivity index (χ4v) is 2.66. The second-order valence-electron chi connectivity index (χ2n) is 4.96. The SMILES string of the molecule is O=Cc1ccc(C=O)c(-c2ccccc2)c1-c1ccccc1. The van der Waals surface area contributed by atoms with Crippen molar-refractivity contribution >= 4 is 12.6 Å². The van der Waals surface area contributed by atoms with Crippen molar-refractivity contribution in [3.05, 3.63) is 83.9 Å². The van der Waals surface area contributed by atoms with Crippen molar-refractivity contribution in [1.82, 2.24) is 0 Å². The maximum atomic E-state index is 11.5. The van der Waals surface area contributed by atoms with Crippen LogP contribution in [-0.2, 0) is 0 Å². The number of aldehydes is 2. The summed E-state index contributed by atoms with van der Waals surface area (Å²) < 4.78 is 0. The lowest BCUT2D eigenvalue weighted by molar-refractivity contribution is 0.111. The van der Waals surface area contributed by atoms with E-state index in [0.717, 1.165) is 34.8 Å². The van der Waals surface area contributed by atoms with Gasteiger partial charge in [0.05, 0.1) is 0 Å². The highest BCUT2D eigenvalue weighted by molar-refractivity contribution is 6.02. The first-order valence-corrected chi connectivity index (χ1v) is 7.03. The molecule has 22 heavy (non-hydrogen) atoms. The largest absolute Gasteiger partial charge is 0.298 e. The molecule has 3 aromatic carbocycles. The summed E-state index contributed by atoms with van der Waals surface area (Å²) in [6.45, 7) is 0. The average Bonchev–Trinajstić information content (AvgIpc) is 2.61. The van der Waals surface area contributed by atoms with Gasteiger partial charge >= 0.3 is 0 Å². The summed E-state index contributed by atoms with van der Waals surface area (Å²) in [5.74, 6) is 0. The van der Waals surface area contributed by atoms with Gasteiger partial charge in [0.15, 0.2) is 12.6 Å². The number of hydrogen-bond acceptors (Lipinski definition) is 2. The molecule has 106 valence electrons. The van der Waals surface area contributed by atoms with Crippen molar-refractivity contribution in [1.29, 1.82) is 0 Å². The molecule has 0 aliphatic heterocycles. The fraction of sp³-hybridized carbons (Fsp3) is 0. The summed E-state index contributed by atoms with van der Waals surface area (Å²) >= 11 is 0. The Morgan fingerprint density at radius 3 is 1.18 bits per heavy atom. The highest BCUT2D eigenvalue weighted by atomic mass is 16.1. The maximum absolute atomic E-state index is 11.5. The van der Waals surface area contributed by atoms with E-state index >= 15 is 0 Å². The summed E-state index contributed by atoms with van der Waals surface area (Å²) in [4.78, 5) is 23.0. The Morgan fingerprint density at radius 1 is 0.500 bits per heavy atom. The molecule has 0 atom stereocenters. The minimum atomic E-state index is 0.579. The first-order valence-electron chi connectivity index (χ1n) is 7.03. The molecule has 3 rings (SSSR count). The summed E-state index contributed by atoms with van der Waals surface area (Å²) in [6.07, 6.45) is 1.67. The lowest BCUT2D eigenvalue weighted by atomic mass is 9.87. The normalized spacial score (nSPS) is 10.2. The third-order valence-electron chi connectivity index (χ3n) is 3.65. The summed E-state index contributed by atoms with van der Waals surface area (Å²) in [6, 6.07) is 22.7. The van der Waals surface area contributed by atoms with E-state index in [0.29, 0.717) is 11.1 Å². The van der Waals surface area contributed by atoms with Crippen LogP contribution >= 0.6 is 0 Å². The summed E-state index contributed by atoms with van der Waals surface area (Å²) in [5.41, 5.74) is 4.60. The highest BCUT2D eigenvalue weighted by Gasteiger charge is 2.16. The molecule has 0 aliphatic carbocycles. The van der Waals surface area contributed by atoms with E-state index in [1.807, 2.05) is 60.7 Å². The van der Waals surface area contributed by atoms with Crippen LogP contribution in [0.5, 0.6) is 0 Å². The molecule has 0 N–H and O–H groups in total. The van der Waals surface area contributed by atoms with Gasteiger partial charge in [-0.25, -0.2) is 0 Å². The first-order chi connectivity index (χ1) is 10.8. The average molecular weight is 286 g/mol. The quantitative estimate of drug-likeness (QED) is 0.654. The third-order valence-corrected chi connectivity index (χ3v) is 3.65. The van der Waals surface area contributed by atoms with Crippen LogP contribution in [0, 0.1) is 0 Å². The smallest absolute Gasteiger partial charge is 0.150 e. The second-order valence-corrected chi connectivity index (χ2v) is 4.96. The molecule has 0 spiro atoms. The van der Waals surface area contributed by atoms with Crippen molar-refractivity contribution in [3.63, 3.8) is 0 Å². The van der Waals surface area contributed by atoms with E-state index < -0.39 is 0 Å². The molecule has 0 unspecified atom stereocenters. The molecule has 0 fully saturated rings. The van der Waals surface area contributed by atoms with Crippen LogP contribution in [0.3, 0.4) is 0 Å². The van der Waals surface area contributed by atoms with Crippen LogP contribution in [0.15, 0.2) is 72.8 Å². The van der Waals surface area contributed by atoms with Gasteiger partial charge in [-0.1, -0.05) is 72.8 Å². The van der Waals surface area contributed by atoms with Crippen LogP contribution in [0.25, 0.3) is 22.3 Å². The molecule has 0 radical (unpaired) electrons. The minimum absolute atomic E-state index is 0.579. The topological polar surface area (TPSA) is 34.1 Å². The molecule has 0 bridgehead atoms. The van der Waals surface area contributed by atoms with Crippen LogP contribution in [0.1, 0.15) is 20.7 Å². The molecule has 0 amide bonds. The van der Waals surface area contributed by atoms with Gasteiger partial charge in [0.1, 0.15) is 0 Å². The molecular weight excluding hydrogens is 272 g/mol. The van der Waals surface area contributed by atoms with Crippen molar-refractivity contribution in [3.8, 4) is 22.3 Å². The van der Waals surface area contributed by atoms with Gasteiger partial charge in [-0.05, 0) is 11.1 Å². The van der Waals surface area contributed by atoms with Gasteiger partial charge < -0.3 is 0 Å². The monoisotopic (exact) mass is 286 g/mol. The summed E-state index contributed by atoms with van der Waals surface area (Å²) in [5, 5.41) is 0. The second kappa shape index (κ2) is 6.19. The third kappa shape index (κ3) is 2.47. The number of hydrogen-bond donors (Lipinski definition) is 0. The first kappa shape index (κ1) is 14.0. The maximum Gasteiger partial charge on any atom is 0.150 e. The molecule has 0 aliphatic rings. The standard InChI is InChI=1S/C20H14O2/c21-13-17-11-12-18(14-22)20(16-9-5-2-6-10-16)19(17)15-7-3-1-4-8-15/h1-14H. The Kier molecular flexibility index (Phi) is 3.92. The molecule has 2 nitrogen and oxygen atoms in total. The molecule has 0 aromatic heterocycles. The van der Waals surface area contributed by atoms with Gasteiger partial charge in [0.25, 0.3) is 0 Å². The van der Waals surface area contributed by atoms with Gasteiger partial charge in [0.2, 0.25) is 0 Å². The van der Waals surface area contributed by atoms with Gasteiger partial charge in [-0.2, -0.15) is 0 Å². The zero-order chi connectivity index (χ0) is 15.4. The fourth-order valence-electron chi connectivity index (χ4n) is 2.66. The predicted octanol–water partition coefficient (Wildman–Crippen LogP) is 4.65. The van der Waals surface area contributed by atoms with Crippen molar-refractivity contribution < 1.29 is 9.59 Å². The lowest BCUT2D eigenvalue weighted by Crippen LogP contribution is -1.97.